The summed E-state index contributed by atoms with van der Waals surface area (Å²) in [4.78, 5) is 3.79. The molecule has 1 aromatic carbocycles. The minimum Gasteiger partial charge on any atom is -0.143 e. The van der Waals surface area contributed by atoms with E-state index in [4.69, 9.17) is 0 Å². The quantitative estimate of drug-likeness (QED) is 0.561. The molecule has 0 nitrogen and oxygen atoms in total. The number of thiophene rings is 1. The van der Waals surface area contributed by atoms with Crippen LogP contribution in [0.3, 0.4) is 0 Å². The molecule has 0 N–H and O–H groups in total. The van der Waals surface area contributed by atoms with Crippen molar-refractivity contribution in [3.8, 4) is 0 Å². The molecule has 0 bridgehead atoms. The predicted molar refractivity (Wildman–Crippen MR) is 65.6 cm³/mol. The number of benzene rings is 1. The van der Waals surface area contributed by atoms with Gasteiger partial charge in [-0.05, 0) is 31.4 Å². The molecule has 2 rings (SSSR count). The molecule has 0 unspecified atom stereocenters. The molecule has 1 aromatic heterocycles. The molecule has 0 saturated heterocycles. The van der Waals surface area contributed by atoms with E-state index in [2.05, 4.69) is 44.0 Å². The van der Waals surface area contributed by atoms with Crippen LogP contribution in [-0.2, 0) is 0 Å². The van der Waals surface area contributed by atoms with Gasteiger partial charge in [-0.3, -0.25) is 0 Å². The van der Waals surface area contributed by atoms with E-state index < -0.39 is 0 Å². The van der Waals surface area contributed by atoms with E-state index in [1.54, 1.807) is 11.8 Å². The van der Waals surface area contributed by atoms with Crippen LogP contribution < -0.4 is 0 Å². The number of hydrogen-bond donors (Lipinski definition) is 1. The SMILES string of the molecule is CSc1ccc(S)c2cc(C)sc12. The van der Waals surface area contributed by atoms with E-state index >= 15 is 0 Å². The first-order chi connectivity index (χ1) is 6.22. The average molecular weight is 226 g/mol. The van der Waals surface area contributed by atoms with Crippen LogP contribution in [0, 0.1) is 6.92 Å². The molecule has 0 amide bonds. The fourth-order valence-electron chi connectivity index (χ4n) is 1.37. The standard InChI is InChI=1S/C10H10S3/c1-6-5-7-8(11)3-4-9(12-2)10(7)13-6/h3-5,11H,1-2H3. The molecule has 0 aliphatic rings. The summed E-state index contributed by atoms with van der Waals surface area (Å²) in [6.45, 7) is 2.14. The van der Waals surface area contributed by atoms with Crippen molar-refractivity contribution in [2.24, 2.45) is 0 Å². The fourth-order valence-corrected chi connectivity index (χ4v) is 3.52. The zero-order valence-electron chi connectivity index (χ0n) is 7.50. The van der Waals surface area contributed by atoms with Gasteiger partial charge in [-0.25, -0.2) is 0 Å². The molecule has 1 heterocycles. The van der Waals surface area contributed by atoms with Gasteiger partial charge in [0.2, 0.25) is 0 Å². The molecule has 13 heavy (non-hydrogen) atoms. The molecule has 0 aliphatic carbocycles. The highest BCUT2D eigenvalue weighted by Crippen LogP contribution is 2.36. The lowest BCUT2D eigenvalue weighted by atomic mass is 10.2. The first-order valence-electron chi connectivity index (χ1n) is 3.98. The second-order valence-electron chi connectivity index (χ2n) is 2.89. The lowest BCUT2D eigenvalue weighted by Gasteiger charge is -1.99. The largest absolute Gasteiger partial charge is 0.143 e. The Morgan fingerprint density at radius 1 is 1.38 bits per heavy atom. The third-order valence-corrected chi connectivity index (χ3v) is 4.35. The Hall–Kier alpha value is -0.120. The molecule has 0 radical (unpaired) electrons. The molecule has 3 heteroatoms. The van der Waals surface area contributed by atoms with Gasteiger partial charge < -0.3 is 0 Å². The molecule has 0 aliphatic heterocycles. The smallest absolute Gasteiger partial charge is 0.0492 e. The Labute approximate surface area is 91.8 Å². The summed E-state index contributed by atoms with van der Waals surface area (Å²) in [5.41, 5.74) is 0. The Balaban J connectivity index is 2.83. The molecule has 0 spiro atoms. The highest BCUT2D eigenvalue weighted by Gasteiger charge is 2.06. The second-order valence-corrected chi connectivity index (χ2v) is 5.47. The van der Waals surface area contributed by atoms with E-state index in [1.165, 1.54) is 19.9 Å². The van der Waals surface area contributed by atoms with E-state index in [0.717, 1.165) is 4.90 Å². The maximum atomic E-state index is 4.45. The fraction of sp³-hybridized carbons (Fsp3) is 0.200. The second kappa shape index (κ2) is 3.56. The zero-order chi connectivity index (χ0) is 9.42. The maximum absolute atomic E-state index is 4.45. The molecular formula is C10H10S3. The average Bonchev–Trinajstić information content (AvgIpc) is 2.48. The van der Waals surface area contributed by atoms with Crippen LogP contribution in [0.4, 0.5) is 0 Å². The molecule has 0 atom stereocenters. The number of fused-ring (bicyclic) bond motifs is 1. The number of rotatable bonds is 1. The van der Waals surface area contributed by atoms with Crippen LogP contribution in [0.5, 0.6) is 0 Å². The van der Waals surface area contributed by atoms with Gasteiger partial charge in [-0.2, -0.15) is 0 Å². The summed E-state index contributed by atoms with van der Waals surface area (Å²) in [5.74, 6) is 0. The highest BCUT2D eigenvalue weighted by molar-refractivity contribution is 7.99. The minimum absolute atomic E-state index is 1.08. The Bertz CT molecular complexity index is 443. The molecule has 2 aromatic rings. The van der Waals surface area contributed by atoms with Crippen LogP contribution in [-0.4, -0.2) is 6.26 Å². The Morgan fingerprint density at radius 3 is 2.85 bits per heavy atom. The number of aryl methyl sites for hydroxylation is 1. The van der Waals surface area contributed by atoms with Gasteiger partial charge >= 0.3 is 0 Å². The molecule has 68 valence electrons. The number of hydrogen-bond acceptors (Lipinski definition) is 3. The first-order valence-corrected chi connectivity index (χ1v) is 6.47. The summed E-state index contributed by atoms with van der Waals surface area (Å²) in [5, 5.41) is 1.29. The van der Waals surface area contributed by atoms with Gasteiger partial charge in [0, 0.05) is 24.8 Å². The van der Waals surface area contributed by atoms with Gasteiger partial charge in [0.25, 0.3) is 0 Å². The van der Waals surface area contributed by atoms with Crippen molar-refractivity contribution in [3.05, 3.63) is 23.1 Å². The van der Waals surface area contributed by atoms with Crippen LogP contribution in [0.1, 0.15) is 4.88 Å². The molecule has 0 saturated carbocycles. The van der Waals surface area contributed by atoms with Crippen molar-refractivity contribution in [1.82, 2.24) is 0 Å². The summed E-state index contributed by atoms with van der Waals surface area (Å²) < 4.78 is 1.37. The molecule has 0 fully saturated rings. The van der Waals surface area contributed by atoms with Gasteiger partial charge in [0.05, 0.1) is 0 Å². The van der Waals surface area contributed by atoms with Crippen LogP contribution in [0.25, 0.3) is 10.1 Å². The minimum atomic E-state index is 1.08. The molecular weight excluding hydrogens is 216 g/mol. The van der Waals surface area contributed by atoms with Crippen molar-refractivity contribution in [3.63, 3.8) is 0 Å². The van der Waals surface area contributed by atoms with Gasteiger partial charge in [0.15, 0.2) is 0 Å². The highest BCUT2D eigenvalue weighted by atomic mass is 32.2. The monoisotopic (exact) mass is 226 g/mol. The lowest BCUT2D eigenvalue weighted by Crippen LogP contribution is -1.72. The first kappa shape index (κ1) is 9.44. The summed E-state index contributed by atoms with van der Waals surface area (Å²) in [7, 11) is 0. The van der Waals surface area contributed by atoms with Crippen LogP contribution in [0.15, 0.2) is 28.0 Å². The summed E-state index contributed by atoms with van der Waals surface area (Å²) in [6.07, 6.45) is 2.11. The van der Waals surface area contributed by atoms with E-state index in [0.29, 0.717) is 0 Å². The summed E-state index contributed by atoms with van der Waals surface area (Å²) in [6, 6.07) is 6.43. The Kier molecular flexibility index (Phi) is 2.58. The van der Waals surface area contributed by atoms with Crippen molar-refractivity contribution in [1.29, 1.82) is 0 Å². The van der Waals surface area contributed by atoms with Crippen molar-refractivity contribution in [2.45, 2.75) is 16.7 Å². The Morgan fingerprint density at radius 2 is 2.15 bits per heavy atom. The van der Waals surface area contributed by atoms with Gasteiger partial charge in [0.1, 0.15) is 0 Å². The number of thiol groups is 1. The predicted octanol–water partition coefficient (Wildman–Crippen LogP) is 4.22. The van der Waals surface area contributed by atoms with Crippen LogP contribution in [0.2, 0.25) is 0 Å². The topological polar surface area (TPSA) is 0 Å². The normalized spacial score (nSPS) is 11.0. The summed E-state index contributed by atoms with van der Waals surface area (Å²) >= 11 is 8.09. The van der Waals surface area contributed by atoms with Crippen molar-refractivity contribution >= 4 is 45.8 Å². The lowest BCUT2D eigenvalue weighted by molar-refractivity contribution is 1.48. The van der Waals surface area contributed by atoms with Gasteiger partial charge in [-0.15, -0.1) is 35.7 Å². The van der Waals surface area contributed by atoms with Crippen molar-refractivity contribution in [2.75, 3.05) is 6.26 Å². The third kappa shape index (κ3) is 1.60. The van der Waals surface area contributed by atoms with E-state index in [1.807, 2.05) is 11.3 Å². The van der Waals surface area contributed by atoms with E-state index in [-0.39, 0.29) is 0 Å². The zero-order valence-corrected chi connectivity index (χ0v) is 10.0. The van der Waals surface area contributed by atoms with Gasteiger partial charge in [-0.1, -0.05) is 0 Å². The van der Waals surface area contributed by atoms with E-state index in [9.17, 15) is 0 Å². The van der Waals surface area contributed by atoms with Crippen molar-refractivity contribution < 1.29 is 0 Å². The third-order valence-electron chi connectivity index (χ3n) is 1.97. The van der Waals surface area contributed by atoms with Crippen LogP contribution >= 0.6 is 35.7 Å². The maximum Gasteiger partial charge on any atom is 0.0492 e. The number of thioether (sulfide) groups is 1.